The van der Waals surface area contributed by atoms with Crippen LogP contribution in [0.1, 0.15) is 63.3 Å². The monoisotopic (exact) mass is 738 g/mol. The Morgan fingerprint density at radius 3 is 2.67 bits per heavy atom. The van der Waals surface area contributed by atoms with E-state index in [4.69, 9.17) is 38.4 Å². The molecule has 0 aliphatic carbocycles. The molecule has 0 radical (unpaired) electrons. The zero-order valence-corrected chi connectivity index (χ0v) is 28.4. The molecule has 1 aromatic heterocycles. The molecule has 2 N–H and O–H groups in total. The van der Waals surface area contributed by atoms with Gasteiger partial charge in [-0.25, -0.2) is 4.98 Å². The van der Waals surface area contributed by atoms with E-state index in [1.54, 1.807) is 17.4 Å². The van der Waals surface area contributed by atoms with Crippen LogP contribution in [0.5, 0.6) is 0 Å². The maximum Gasteiger partial charge on any atom is 0.306 e. The molecule has 0 bridgehead atoms. The minimum absolute atomic E-state index is 0.155. The summed E-state index contributed by atoms with van der Waals surface area (Å²) in [6.07, 6.45) is 5.96. The van der Waals surface area contributed by atoms with Gasteiger partial charge in [0.05, 0.1) is 49.8 Å². The second-order valence-electron chi connectivity index (χ2n) is 9.30. The highest BCUT2D eigenvalue weighted by Crippen LogP contribution is 2.39. The number of anilines is 1. The number of thiazole rings is 1. The summed E-state index contributed by atoms with van der Waals surface area (Å²) in [5, 5.41) is 2.50. The van der Waals surface area contributed by atoms with Crippen LogP contribution in [-0.2, 0) is 14.3 Å². The number of unbranched alkanes of at least 4 members (excludes halogenated alkanes) is 1. The topological polar surface area (TPSA) is 74.4 Å². The highest BCUT2D eigenvalue weighted by atomic mass is 79.9. The van der Waals surface area contributed by atoms with E-state index in [1.807, 2.05) is 18.2 Å². The summed E-state index contributed by atoms with van der Waals surface area (Å²) < 4.78 is 13.6. The van der Waals surface area contributed by atoms with Gasteiger partial charge in [-0.2, -0.15) is 0 Å². The number of esters is 1. The van der Waals surface area contributed by atoms with Crippen molar-refractivity contribution >= 4 is 100 Å². The third-order valence-corrected chi connectivity index (χ3v) is 11.6. The van der Waals surface area contributed by atoms with E-state index in [0.29, 0.717) is 41.3 Å². The molecule has 2 unspecified atom stereocenters. The van der Waals surface area contributed by atoms with Crippen molar-refractivity contribution < 1.29 is 14.3 Å². The highest BCUT2D eigenvalue weighted by molar-refractivity contribution is 9.10. The molecule has 0 spiro atoms. The Morgan fingerprint density at radius 2 is 1.97 bits per heavy atom. The number of ether oxygens (including phenoxy) is 2. The number of rotatable bonds is 11. The zero-order chi connectivity index (χ0) is 28.4. The summed E-state index contributed by atoms with van der Waals surface area (Å²) in [4.78, 5) is 17.3. The van der Waals surface area contributed by atoms with Crippen LogP contribution in [0.15, 0.2) is 38.1 Å². The maximum atomic E-state index is 11.9. The number of nitrogen functional groups attached to an aromatic ring is 1. The van der Waals surface area contributed by atoms with Crippen LogP contribution < -0.4 is 5.73 Å². The quantitative estimate of drug-likeness (QED) is 0.120. The molecule has 0 saturated carbocycles. The molecule has 1 aliphatic heterocycles. The summed E-state index contributed by atoms with van der Waals surface area (Å²) in [6, 6.07) is 7.56. The van der Waals surface area contributed by atoms with Gasteiger partial charge in [-0.1, -0.05) is 56.3 Å². The lowest BCUT2D eigenvalue weighted by Gasteiger charge is -2.14. The van der Waals surface area contributed by atoms with Crippen LogP contribution in [-0.4, -0.2) is 36.5 Å². The van der Waals surface area contributed by atoms with Gasteiger partial charge in [-0.05, 0) is 74.9 Å². The number of thioether (sulfide) groups is 1. The Kier molecular flexibility index (Phi) is 14.2. The van der Waals surface area contributed by atoms with E-state index in [9.17, 15) is 4.79 Å². The second kappa shape index (κ2) is 16.8. The lowest BCUT2D eigenvalue weighted by atomic mass is 10.0. The molecule has 3 aromatic rings. The Bertz CT molecular complexity index is 1240. The van der Waals surface area contributed by atoms with Gasteiger partial charge in [-0.15, -0.1) is 23.1 Å². The molecule has 11 heteroatoms. The molecule has 2 atom stereocenters. The summed E-state index contributed by atoms with van der Waals surface area (Å²) in [7, 11) is 0. The SMILES string of the molecule is CCCCC(CC)COC(=O)CCSc1c(N)ccc(Br)c1Cl.Clc1c(Br)ccc2nc(C3CCOC3)sc12. The van der Waals surface area contributed by atoms with E-state index in [-0.39, 0.29) is 5.97 Å². The number of aromatic nitrogens is 1. The third kappa shape index (κ3) is 9.76. The van der Waals surface area contributed by atoms with Gasteiger partial charge in [0.15, 0.2) is 0 Å². The Balaban J connectivity index is 0.000000228. The number of hydrogen-bond donors (Lipinski definition) is 1. The molecular weight excluding hydrogens is 707 g/mol. The molecule has 4 rings (SSSR count). The number of hydrogen-bond acceptors (Lipinski definition) is 7. The minimum Gasteiger partial charge on any atom is -0.465 e. The average molecular weight is 741 g/mol. The fraction of sp³-hybridized carbons (Fsp3) is 0.500. The summed E-state index contributed by atoms with van der Waals surface area (Å²) in [5.41, 5.74) is 7.54. The summed E-state index contributed by atoms with van der Waals surface area (Å²) in [6.45, 7) is 6.48. The number of nitrogens with zero attached hydrogens (tertiary/aromatic N) is 1. The molecule has 214 valence electrons. The minimum atomic E-state index is -0.155. The first-order valence-corrected chi connectivity index (χ1v) is 17.2. The number of fused-ring (bicyclic) bond motifs is 1. The molecule has 2 heterocycles. The number of carbonyl (C=O) groups is 1. The molecule has 2 aromatic carbocycles. The smallest absolute Gasteiger partial charge is 0.306 e. The van der Waals surface area contributed by atoms with Crippen molar-refractivity contribution in [3.05, 3.63) is 48.3 Å². The Hall–Kier alpha value is -0.550. The fourth-order valence-corrected chi connectivity index (χ4v) is 7.57. The summed E-state index contributed by atoms with van der Waals surface area (Å²) >= 11 is 22.4. The first-order chi connectivity index (χ1) is 18.7. The number of nitrogens with two attached hydrogens (primary N) is 1. The molecular formula is C28H34Br2Cl2N2O3S2. The van der Waals surface area contributed by atoms with Gasteiger partial charge < -0.3 is 15.2 Å². The van der Waals surface area contributed by atoms with Crippen LogP contribution in [0.25, 0.3) is 10.2 Å². The van der Waals surface area contributed by atoms with Crippen molar-refractivity contribution in [2.24, 2.45) is 5.92 Å². The number of halogens is 4. The standard InChI is InChI=1S/C17H25BrClNO2S.C11H9BrClNOS/c1-3-5-6-12(4-2)11-22-15(21)9-10-23-17-14(20)8-7-13(18)16(17)19;12-7-1-2-8-10(9(7)13)16-11(14-8)6-3-4-15-5-6/h7-8,12H,3-6,9-11,20H2,1-2H3;1-2,6H,3-5H2. The van der Waals surface area contributed by atoms with Crippen molar-refractivity contribution in [2.45, 2.75) is 63.2 Å². The van der Waals surface area contributed by atoms with Crippen molar-refractivity contribution in [1.29, 1.82) is 0 Å². The largest absolute Gasteiger partial charge is 0.465 e. The fourth-order valence-electron chi connectivity index (χ4n) is 3.97. The van der Waals surface area contributed by atoms with Crippen LogP contribution in [0.3, 0.4) is 0 Å². The van der Waals surface area contributed by atoms with Crippen LogP contribution >= 0.6 is 78.2 Å². The average Bonchev–Trinajstić information content (AvgIpc) is 3.62. The van der Waals surface area contributed by atoms with Crippen LogP contribution in [0.2, 0.25) is 10.0 Å². The molecule has 5 nitrogen and oxygen atoms in total. The molecule has 39 heavy (non-hydrogen) atoms. The second-order valence-corrected chi connectivity index (χ2v) is 13.9. The predicted octanol–water partition coefficient (Wildman–Crippen LogP) is 10.1. The first-order valence-electron chi connectivity index (χ1n) is 13.1. The van der Waals surface area contributed by atoms with Gasteiger partial charge in [0, 0.05) is 32.9 Å². The third-order valence-electron chi connectivity index (χ3n) is 6.40. The van der Waals surface area contributed by atoms with E-state index in [0.717, 1.165) is 66.6 Å². The normalized spacial score (nSPS) is 15.7. The summed E-state index contributed by atoms with van der Waals surface area (Å²) in [5.74, 6) is 1.37. The van der Waals surface area contributed by atoms with Crippen molar-refractivity contribution in [2.75, 3.05) is 31.3 Å². The Morgan fingerprint density at radius 1 is 1.23 bits per heavy atom. The molecule has 1 fully saturated rings. The molecule has 1 aliphatic rings. The van der Waals surface area contributed by atoms with Gasteiger partial charge in [0.1, 0.15) is 0 Å². The number of benzene rings is 2. The molecule has 0 amide bonds. The predicted molar refractivity (Wildman–Crippen MR) is 174 cm³/mol. The van der Waals surface area contributed by atoms with Crippen molar-refractivity contribution in [3.8, 4) is 0 Å². The lowest BCUT2D eigenvalue weighted by Crippen LogP contribution is -2.14. The van der Waals surface area contributed by atoms with E-state index in [2.05, 4.69) is 50.7 Å². The van der Waals surface area contributed by atoms with Gasteiger partial charge in [0.2, 0.25) is 0 Å². The Labute approximate surface area is 266 Å². The highest BCUT2D eigenvalue weighted by Gasteiger charge is 2.22. The van der Waals surface area contributed by atoms with E-state index >= 15 is 0 Å². The van der Waals surface area contributed by atoms with Crippen molar-refractivity contribution in [3.63, 3.8) is 0 Å². The van der Waals surface area contributed by atoms with E-state index in [1.165, 1.54) is 24.6 Å². The van der Waals surface area contributed by atoms with Crippen LogP contribution in [0.4, 0.5) is 5.69 Å². The van der Waals surface area contributed by atoms with Gasteiger partial charge in [0.25, 0.3) is 0 Å². The molecule has 1 saturated heterocycles. The van der Waals surface area contributed by atoms with Crippen LogP contribution in [0, 0.1) is 5.92 Å². The number of carbonyl (C=O) groups excluding carboxylic acids is 1. The van der Waals surface area contributed by atoms with Gasteiger partial charge >= 0.3 is 5.97 Å². The first kappa shape index (κ1) is 33.0. The zero-order valence-electron chi connectivity index (χ0n) is 22.1. The van der Waals surface area contributed by atoms with Crippen molar-refractivity contribution in [1.82, 2.24) is 4.98 Å². The lowest BCUT2D eigenvalue weighted by molar-refractivity contribution is -0.144. The van der Waals surface area contributed by atoms with E-state index < -0.39 is 0 Å². The maximum absolute atomic E-state index is 11.9. The van der Waals surface area contributed by atoms with Gasteiger partial charge in [-0.3, -0.25) is 4.79 Å².